The van der Waals surface area contributed by atoms with E-state index in [1.54, 1.807) is 12.1 Å². The summed E-state index contributed by atoms with van der Waals surface area (Å²) in [6.45, 7) is 0. The van der Waals surface area contributed by atoms with Gasteiger partial charge in [0.15, 0.2) is 0 Å². The Morgan fingerprint density at radius 1 is 1.00 bits per heavy atom. The summed E-state index contributed by atoms with van der Waals surface area (Å²) in [4.78, 5) is 12.1. The lowest BCUT2D eigenvalue weighted by Crippen LogP contribution is -2.41. The molecule has 2 amide bonds. The van der Waals surface area contributed by atoms with Gasteiger partial charge in [0.2, 0.25) is 0 Å². The molecule has 0 radical (unpaired) electrons. The molecular formula is C20H20F4N2O2. The van der Waals surface area contributed by atoms with Crippen molar-refractivity contribution in [3.8, 4) is 5.75 Å². The number of carbonyl (C=O) groups excluding carboxylic acids is 1. The molecule has 0 bridgehead atoms. The van der Waals surface area contributed by atoms with Crippen molar-refractivity contribution in [3.63, 3.8) is 0 Å². The van der Waals surface area contributed by atoms with Crippen molar-refractivity contribution in [3.05, 3.63) is 59.9 Å². The lowest BCUT2D eigenvalue weighted by molar-refractivity contribution is -0.137. The summed E-state index contributed by atoms with van der Waals surface area (Å²) in [5.41, 5.74) is -0.732. The van der Waals surface area contributed by atoms with Gasteiger partial charge in [-0.05, 0) is 68.1 Å². The molecule has 1 aliphatic carbocycles. The number of rotatable bonds is 4. The number of benzene rings is 2. The molecule has 2 aromatic rings. The Morgan fingerprint density at radius 3 is 2.32 bits per heavy atom. The molecule has 0 unspecified atom stereocenters. The van der Waals surface area contributed by atoms with Gasteiger partial charge in [-0.1, -0.05) is 6.07 Å². The number of ether oxygens (including phenoxy) is 1. The Hall–Kier alpha value is -2.77. The van der Waals surface area contributed by atoms with Crippen molar-refractivity contribution in [2.45, 2.75) is 44.0 Å². The molecule has 1 saturated carbocycles. The van der Waals surface area contributed by atoms with Gasteiger partial charge in [-0.25, -0.2) is 9.18 Å². The molecule has 2 aromatic carbocycles. The van der Waals surface area contributed by atoms with Crippen LogP contribution in [0.4, 0.5) is 28.0 Å². The average molecular weight is 396 g/mol. The van der Waals surface area contributed by atoms with Crippen LogP contribution in [0.25, 0.3) is 0 Å². The van der Waals surface area contributed by atoms with E-state index in [-0.39, 0.29) is 23.7 Å². The summed E-state index contributed by atoms with van der Waals surface area (Å²) in [5.74, 6) is 0.270. The molecule has 8 heteroatoms. The maximum Gasteiger partial charge on any atom is 0.416 e. The third kappa shape index (κ3) is 5.61. The highest BCUT2D eigenvalue weighted by Gasteiger charge is 2.30. The van der Waals surface area contributed by atoms with E-state index in [0.717, 1.165) is 12.1 Å². The van der Waals surface area contributed by atoms with Gasteiger partial charge in [0.05, 0.1) is 11.7 Å². The SMILES string of the molecule is O=C(Nc1cccc(C(F)(F)F)c1)NC1CCC(Oc2ccc(F)cc2)CC1. The van der Waals surface area contributed by atoms with Gasteiger partial charge in [-0.15, -0.1) is 0 Å². The predicted octanol–water partition coefficient (Wildman–Crippen LogP) is 5.36. The summed E-state index contributed by atoms with van der Waals surface area (Å²) in [6, 6.07) is 9.68. The van der Waals surface area contributed by atoms with Crippen LogP contribution in [0.5, 0.6) is 5.75 Å². The van der Waals surface area contributed by atoms with Crippen LogP contribution >= 0.6 is 0 Å². The van der Waals surface area contributed by atoms with Crippen molar-refractivity contribution >= 4 is 11.7 Å². The van der Waals surface area contributed by atoms with Gasteiger partial charge >= 0.3 is 12.2 Å². The molecule has 150 valence electrons. The van der Waals surface area contributed by atoms with E-state index in [1.807, 2.05) is 0 Å². The zero-order chi connectivity index (χ0) is 20.1. The molecule has 28 heavy (non-hydrogen) atoms. The largest absolute Gasteiger partial charge is 0.490 e. The Balaban J connectivity index is 1.45. The standard InChI is InChI=1S/C20H20F4N2O2/c21-14-4-8-17(9-5-14)28-18-10-6-15(7-11-18)25-19(27)26-16-3-1-2-13(12-16)20(22,23)24/h1-5,8-9,12,15,18H,6-7,10-11H2,(H2,25,26,27). The number of urea groups is 1. The van der Waals surface area contributed by atoms with Crippen LogP contribution in [-0.2, 0) is 6.18 Å². The first kappa shape index (κ1) is 20.0. The van der Waals surface area contributed by atoms with Crippen LogP contribution in [0.2, 0.25) is 0 Å². The number of alkyl halides is 3. The number of hydrogen-bond acceptors (Lipinski definition) is 2. The summed E-state index contributed by atoms with van der Waals surface area (Å²) in [5, 5.41) is 5.22. The van der Waals surface area contributed by atoms with Gasteiger partial charge in [0.1, 0.15) is 11.6 Å². The van der Waals surface area contributed by atoms with Crippen LogP contribution in [0.3, 0.4) is 0 Å². The van der Waals surface area contributed by atoms with Gasteiger partial charge in [-0.2, -0.15) is 13.2 Å². The number of nitrogens with one attached hydrogen (secondary N) is 2. The van der Waals surface area contributed by atoms with Crippen molar-refractivity contribution in [1.29, 1.82) is 0 Å². The summed E-state index contributed by atoms with van der Waals surface area (Å²) >= 11 is 0. The molecule has 0 atom stereocenters. The van der Waals surface area contributed by atoms with Crippen molar-refractivity contribution in [2.75, 3.05) is 5.32 Å². The van der Waals surface area contributed by atoms with Gasteiger partial charge in [0.25, 0.3) is 0 Å². The van der Waals surface area contributed by atoms with Gasteiger partial charge < -0.3 is 15.4 Å². The van der Waals surface area contributed by atoms with Crippen LogP contribution in [-0.4, -0.2) is 18.2 Å². The van der Waals surface area contributed by atoms with E-state index >= 15 is 0 Å². The van der Waals surface area contributed by atoms with E-state index in [4.69, 9.17) is 4.74 Å². The maximum absolute atomic E-state index is 12.9. The van der Waals surface area contributed by atoms with Crippen molar-refractivity contribution in [1.82, 2.24) is 5.32 Å². The summed E-state index contributed by atoms with van der Waals surface area (Å²) in [6.07, 6.45) is -1.69. The molecule has 4 nitrogen and oxygen atoms in total. The van der Waals surface area contributed by atoms with E-state index in [9.17, 15) is 22.4 Å². The second kappa shape index (κ2) is 8.50. The second-order valence-electron chi connectivity index (χ2n) is 6.72. The molecule has 3 rings (SSSR count). The Labute approximate surface area is 159 Å². The fraction of sp³-hybridized carbons (Fsp3) is 0.350. The molecule has 0 saturated heterocycles. The normalized spacial score (nSPS) is 19.7. The summed E-state index contributed by atoms with van der Waals surface area (Å²) < 4.78 is 56.9. The first-order chi connectivity index (χ1) is 13.3. The number of hydrogen-bond donors (Lipinski definition) is 2. The minimum absolute atomic E-state index is 0.0185. The Morgan fingerprint density at radius 2 is 1.68 bits per heavy atom. The summed E-state index contributed by atoms with van der Waals surface area (Å²) in [7, 11) is 0. The number of amides is 2. The van der Waals surface area contributed by atoms with Crippen LogP contribution < -0.4 is 15.4 Å². The molecule has 1 fully saturated rings. The number of anilines is 1. The predicted molar refractivity (Wildman–Crippen MR) is 96.7 cm³/mol. The molecular weight excluding hydrogens is 376 g/mol. The van der Waals surface area contributed by atoms with Crippen molar-refractivity contribution in [2.24, 2.45) is 0 Å². The highest BCUT2D eigenvalue weighted by molar-refractivity contribution is 5.89. The molecule has 0 spiro atoms. The van der Waals surface area contributed by atoms with Crippen LogP contribution in [0, 0.1) is 5.82 Å². The van der Waals surface area contributed by atoms with Crippen LogP contribution in [0.15, 0.2) is 48.5 Å². The van der Waals surface area contributed by atoms with Gasteiger partial charge in [-0.3, -0.25) is 0 Å². The van der Waals surface area contributed by atoms with E-state index < -0.39 is 17.8 Å². The van der Waals surface area contributed by atoms with Gasteiger partial charge in [0, 0.05) is 11.7 Å². The number of halogens is 4. The highest BCUT2D eigenvalue weighted by Crippen LogP contribution is 2.30. The van der Waals surface area contributed by atoms with Crippen LogP contribution in [0.1, 0.15) is 31.2 Å². The van der Waals surface area contributed by atoms with E-state index in [0.29, 0.717) is 31.4 Å². The van der Waals surface area contributed by atoms with E-state index in [2.05, 4.69) is 10.6 Å². The number of carbonyl (C=O) groups is 1. The Bertz CT molecular complexity index is 801. The quantitative estimate of drug-likeness (QED) is 0.684. The lowest BCUT2D eigenvalue weighted by Gasteiger charge is -2.29. The average Bonchev–Trinajstić information content (AvgIpc) is 2.65. The monoisotopic (exact) mass is 396 g/mol. The third-order valence-electron chi connectivity index (χ3n) is 4.57. The Kier molecular flexibility index (Phi) is 6.06. The first-order valence-corrected chi connectivity index (χ1v) is 8.96. The second-order valence-corrected chi connectivity index (χ2v) is 6.72. The van der Waals surface area contributed by atoms with Crippen molar-refractivity contribution < 1.29 is 27.1 Å². The van der Waals surface area contributed by atoms with E-state index in [1.165, 1.54) is 24.3 Å². The molecule has 2 N–H and O–H groups in total. The molecule has 0 heterocycles. The lowest BCUT2D eigenvalue weighted by atomic mass is 9.93. The fourth-order valence-electron chi connectivity index (χ4n) is 3.16. The topological polar surface area (TPSA) is 50.4 Å². The zero-order valence-electron chi connectivity index (χ0n) is 14.9. The molecule has 0 aliphatic heterocycles. The smallest absolute Gasteiger partial charge is 0.416 e. The minimum Gasteiger partial charge on any atom is -0.490 e. The molecule has 1 aliphatic rings. The first-order valence-electron chi connectivity index (χ1n) is 8.96. The fourth-order valence-corrected chi connectivity index (χ4v) is 3.16. The highest BCUT2D eigenvalue weighted by atomic mass is 19.4. The zero-order valence-corrected chi connectivity index (χ0v) is 14.9. The minimum atomic E-state index is -4.46. The molecule has 0 aromatic heterocycles. The maximum atomic E-state index is 12.9. The third-order valence-corrected chi connectivity index (χ3v) is 4.57.